The summed E-state index contributed by atoms with van der Waals surface area (Å²) in [5, 5.41) is 61.6. The molecule has 358 valence electrons. The molecule has 0 spiro atoms. The number of fused-ring (bicyclic) bond motifs is 1. The van der Waals surface area contributed by atoms with Crippen LogP contribution in [0.1, 0.15) is 12.8 Å². The van der Waals surface area contributed by atoms with Gasteiger partial charge >= 0.3 is 0 Å². The molecule has 0 bridgehead atoms. The van der Waals surface area contributed by atoms with Crippen LogP contribution in [0.5, 0.6) is 17.2 Å². The fourth-order valence-electron chi connectivity index (χ4n) is 6.15. The van der Waals surface area contributed by atoms with Gasteiger partial charge in [0.15, 0.2) is 6.04 Å². The molecule has 4 aromatic carbocycles. The second-order valence-corrected chi connectivity index (χ2v) is 18.4. The fourth-order valence-corrected chi connectivity index (χ4v) is 8.16. The highest BCUT2D eigenvalue weighted by atomic mass is 32.2. The Balaban J connectivity index is 1.50. The second kappa shape index (κ2) is 21.5. The minimum absolute atomic E-state index is 0.0141. The maximum atomic E-state index is 12.5. The number of phenols is 1. The first-order chi connectivity index (χ1) is 31.5. The number of carbonyl (C=O) groups excluding carboxylic acids is 2. The molecule has 0 aliphatic heterocycles. The number of hydrogen-bond donors (Lipinski definition) is 9. The lowest BCUT2D eigenvalue weighted by atomic mass is 10.0. The molecule has 0 radical (unpaired) electrons. The number of azo groups is 3. The predicted molar refractivity (Wildman–Crippen MR) is 234 cm³/mol. The molecule has 0 aromatic heterocycles. The number of aromatic hydroxyl groups is 1. The molecular formula is C38H41N9O17S3. The van der Waals surface area contributed by atoms with Gasteiger partial charge in [-0.25, -0.2) is 0 Å². The highest BCUT2D eigenvalue weighted by Gasteiger charge is 2.37. The third-order valence-electron chi connectivity index (χ3n) is 9.22. The summed E-state index contributed by atoms with van der Waals surface area (Å²) in [5.41, 5.74) is 10.4. The van der Waals surface area contributed by atoms with Crippen molar-refractivity contribution in [2.24, 2.45) is 42.2 Å². The SMILES string of the molecule is NC(=O)CCN(CCC(N)=O)c1ccc(/N=N/c2ccc(/N=N/c3cc(OCCO)c(/N=N/C4C(O)=c5c(O)cc(S(=O)(=O)O)cc5=CC4S(=O)(=O)O)cc3OCCO)c(S(=O)(=O)O)c2)cc1. The Morgan fingerprint density at radius 1 is 0.657 bits per heavy atom. The van der Waals surface area contributed by atoms with Gasteiger partial charge in [0.2, 0.25) is 11.8 Å². The Morgan fingerprint density at radius 3 is 1.72 bits per heavy atom. The number of nitrogens with zero attached hydrogens (tertiary/aromatic N) is 7. The Hall–Kier alpha value is -6.99. The smallest absolute Gasteiger partial charge is 0.296 e. The lowest BCUT2D eigenvalue weighted by Crippen LogP contribution is -2.44. The van der Waals surface area contributed by atoms with Crippen LogP contribution in [0, 0.1) is 0 Å². The van der Waals surface area contributed by atoms with Gasteiger partial charge in [-0.3, -0.25) is 23.2 Å². The van der Waals surface area contributed by atoms with Gasteiger partial charge in [-0.05, 0) is 53.7 Å². The summed E-state index contributed by atoms with van der Waals surface area (Å²) in [5.74, 6) is -3.52. The molecule has 67 heavy (non-hydrogen) atoms. The van der Waals surface area contributed by atoms with Crippen molar-refractivity contribution in [2.75, 3.05) is 44.4 Å². The van der Waals surface area contributed by atoms with E-state index in [4.69, 9.17) is 20.9 Å². The molecule has 26 nitrogen and oxygen atoms in total. The number of ether oxygens (including phenoxy) is 2. The first-order valence-corrected chi connectivity index (χ1v) is 23.5. The van der Waals surface area contributed by atoms with Crippen molar-refractivity contribution in [3.05, 3.63) is 77.2 Å². The van der Waals surface area contributed by atoms with Crippen LogP contribution in [0.3, 0.4) is 0 Å². The van der Waals surface area contributed by atoms with Crippen molar-refractivity contribution < 1.29 is 78.4 Å². The average molecular weight is 992 g/mol. The van der Waals surface area contributed by atoms with E-state index in [1.807, 2.05) is 0 Å². The molecular weight excluding hydrogens is 951 g/mol. The van der Waals surface area contributed by atoms with Crippen LogP contribution in [0.2, 0.25) is 0 Å². The second-order valence-electron chi connectivity index (χ2n) is 14.0. The van der Waals surface area contributed by atoms with E-state index in [1.165, 1.54) is 6.07 Å². The highest BCUT2D eigenvalue weighted by molar-refractivity contribution is 7.87. The van der Waals surface area contributed by atoms with E-state index in [0.29, 0.717) is 17.4 Å². The van der Waals surface area contributed by atoms with Crippen LogP contribution >= 0.6 is 0 Å². The summed E-state index contributed by atoms with van der Waals surface area (Å²) in [6, 6.07) is 11.2. The third-order valence-corrected chi connectivity index (χ3v) is 12.0. The lowest BCUT2D eigenvalue weighted by Gasteiger charge is -2.23. The summed E-state index contributed by atoms with van der Waals surface area (Å²) >= 11 is 0. The van der Waals surface area contributed by atoms with E-state index in [2.05, 4.69) is 30.7 Å². The van der Waals surface area contributed by atoms with Gasteiger partial charge in [0.1, 0.15) is 63.4 Å². The van der Waals surface area contributed by atoms with Gasteiger partial charge in [0.25, 0.3) is 30.4 Å². The average Bonchev–Trinajstić information content (AvgIpc) is 3.25. The fraction of sp³-hybridized carbons (Fsp3) is 0.263. The molecule has 0 fully saturated rings. The number of aliphatic hydroxyl groups is 3. The van der Waals surface area contributed by atoms with Gasteiger partial charge in [-0.1, -0.05) is 6.08 Å². The molecule has 2 atom stereocenters. The summed E-state index contributed by atoms with van der Waals surface area (Å²) in [6.45, 7) is -1.45. The van der Waals surface area contributed by atoms with Crippen molar-refractivity contribution in [2.45, 2.75) is 33.9 Å². The zero-order valence-corrected chi connectivity index (χ0v) is 36.9. The molecule has 11 N–H and O–H groups in total. The number of amides is 2. The van der Waals surface area contributed by atoms with Crippen LogP contribution in [0.4, 0.5) is 34.1 Å². The first kappa shape index (κ1) is 51.0. The Bertz CT molecular complexity index is 3080. The van der Waals surface area contributed by atoms with E-state index in [0.717, 1.165) is 36.4 Å². The monoisotopic (exact) mass is 991 g/mol. The van der Waals surface area contributed by atoms with Gasteiger partial charge in [0.05, 0.1) is 34.7 Å². The minimum atomic E-state index is -5.17. The first-order valence-electron chi connectivity index (χ1n) is 19.1. The number of hydrogen-bond acceptors (Lipinski definition) is 21. The van der Waals surface area contributed by atoms with Gasteiger partial charge < -0.3 is 46.3 Å². The van der Waals surface area contributed by atoms with Gasteiger partial charge in [-0.2, -0.15) is 45.7 Å². The number of phenolic OH excluding ortho intramolecular Hbond substituents is 1. The van der Waals surface area contributed by atoms with E-state index in [9.17, 15) is 68.9 Å². The summed E-state index contributed by atoms with van der Waals surface area (Å²) < 4.78 is 114. The molecule has 4 aromatic rings. The van der Waals surface area contributed by atoms with Crippen molar-refractivity contribution in [3.63, 3.8) is 0 Å². The minimum Gasteiger partial charge on any atom is -0.509 e. The quantitative estimate of drug-likeness (QED) is 0.0401. The zero-order chi connectivity index (χ0) is 49.3. The van der Waals surface area contributed by atoms with Crippen molar-refractivity contribution >= 4 is 88.1 Å². The molecule has 1 aliphatic rings. The molecule has 0 saturated heterocycles. The Morgan fingerprint density at radius 2 is 1.19 bits per heavy atom. The number of rotatable bonds is 22. The van der Waals surface area contributed by atoms with Gasteiger partial charge in [-0.15, -0.1) is 10.2 Å². The summed E-state index contributed by atoms with van der Waals surface area (Å²) in [7, 11) is -15.1. The van der Waals surface area contributed by atoms with Crippen LogP contribution in [0.15, 0.2) is 107 Å². The van der Waals surface area contributed by atoms with E-state index in [1.54, 1.807) is 29.2 Å². The van der Waals surface area contributed by atoms with Crippen molar-refractivity contribution in [1.29, 1.82) is 0 Å². The van der Waals surface area contributed by atoms with E-state index >= 15 is 0 Å². The van der Waals surface area contributed by atoms with Gasteiger partial charge in [0, 0.05) is 49.8 Å². The van der Waals surface area contributed by atoms with E-state index < -0.39 is 111 Å². The maximum absolute atomic E-state index is 12.5. The van der Waals surface area contributed by atoms with Crippen molar-refractivity contribution in [1.82, 2.24) is 0 Å². The molecule has 29 heteroatoms. The molecule has 2 unspecified atom stereocenters. The molecule has 2 amide bonds. The predicted octanol–water partition coefficient (Wildman–Crippen LogP) is 1.89. The molecule has 5 rings (SSSR count). The number of primary amides is 2. The van der Waals surface area contributed by atoms with Crippen molar-refractivity contribution in [3.8, 4) is 17.2 Å². The molecule has 0 saturated carbocycles. The number of nitrogens with two attached hydrogens (primary N) is 2. The standard InChI is InChI=1S/C38H41N9O17S3/c39-34(51)7-9-47(10-8-35(40)52)24-4-1-22(2-5-24)41-42-23-3-6-26(32(17-23)66(57,58)59)43-44-27-19-31(64-14-12-49)28(20-30(27)63-13-11-48)45-46-37-33(67(60,61)62)16-21-15-25(65(54,55)56)18-29(50)36(21)38(37)53/h1-6,15-20,33,37,48-50,53H,7-14H2,(H2,39,51)(H2,40,52)(H,54,55,56)(H,57,58,59)(H,60,61,62)/b42-41+,44-43+,46-45+. The lowest BCUT2D eigenvalue weighted by molar-refractivity contribution is -0.118. The number of benzene rings is 4. The maximum Gasteiger partial charge on any atom is 0.296 e. The summed E-state index contributed by atoms with van der Waals surface area (Å²) in [6.07, 6.45) is 0.781. The van der Waals surface area contributed by atoms with E-state index in [-0.39, 0.29) is 61.1 Å². The van der Waals surface area contributed by atoms with Crippen LogP contribution in [-0.4, -0.2) is 122 Å². The zero-order valence-electron chi connectivity index (χ0n) is 34.5. The number of anilines is 1. The normalized spacial score (nSPS) is 15.4. The Kier molecular flexibility index (Phi) is 16.4. The largest absolute Gasteiger partial charge is 0.509 e. The number of carbonyl (C=O) groups is 2. The van der Waals surface area contributed by atoms with Crippen LogP contribution in [-0.2, 0) is 39.9 Å². The molecule has 1 aliphatic carbocycles. The summed E-state index contributed by atoms with van der Waals surface area (Å²) in [4.78, 5) is 22.8. The van der Waals surface area contributed by atoms with Crippen LogP contribution in [0.25, 0.3) is 11.8 Å². The molecule has 0 heterocycles. The topological polar surface area (TPSA) is 426 Å². The number of aliphatic hydroxyl groups excluding tert-OH is 3. The third kappa shape index (κ3) is 13.5. The Labute approximate surface area is 380 Å². The van der Waals surface area contributed by atoms with Crippen LogP contribution < -0.4 is 36.3 Å². The highest BCUT2D eigenvalue weighted by Crippen LogP contribution is 2.42.